The summed E-state index contributed by atoms with van der Waals surface area (Å²) in [5, 5.41) is 0. The highest BCUT2D eigenvalue weighted by Crippen LogP contribution is 2.27. The van der Waals surface area contributed by atoms with Crippen molar-refractivity contribution in [1.82, 2.24) is 0 Å². The van der Waals surface area contributed by atoms with Crippen LogP contribution in [0, 0.1) is 20.8 Å². The van der Waals surface area contributed by atoms with Gasteiger partial charge in [0.1, 0.15) is 0 Å². The van der Waals surface area contributed by atoms with Crippen LogP contribution in [0.2, 0.25) is 0 Å². The Kier molecular flexibility index (Phi) is 5.80. The summed E-state index contributed by atoms with van der Waals surface area (Å²) in [5.74, 6) is 0. The first-order valence-corrected chi connectivity index (χ1v) is 9.40. The fourth-order valence-corrected chi connectivity index (χ4v) is 3.35. The Bertz CT molecular complexity index is 937. The lowest BCUT2D eigenvalue weighted by Gasteiger charge is -2.08. The average molecular weight is 358 g/mol. The zero-order chi connectivity index (χ0) is 19.4. The molecule has 0 atom stereocenters. The van der Waals surface area contributed by atoms with E-state index in [9.17, 15) is 0 Å². The van der Waals surface area contributed by atoms with E-state index in [-0.39, 0.29) is 0 Å². The lowest BCUT2D eigenvalue weighted by atomic mass is 10.1. The van der Waals surface area contributed by atoms with Gasteiger partial charge in [0.05, 0.1) is 35.1 Å². The van der Waals surface area contributed by atoms with Gasteiger partial charge in [-0.25, -0.2) is 4.99 Å². The van der Waals surface area contributed by atoms with Gasteiger partial charge in [-0.3, -0.25) is 9.98 Å². The standard InChI is InChI=1S/C24H27N3/c1-16-13-17(2)24(18(3)14-16)26-20(5)23-12-11-22(27-23)19(4)25-15-21-9-7-6-8-10-21/h6-10,12-14H,11,15H2,1-5H3. The van der Waals surface area contributed by atoms with Crippen LogP contribution in [-0.2, 0) is 6.54 Å². The van der Waals surface area contributed by atoms with Gasteiger partial charge in [-0.2, -0.15) is 0 Å². The predicted octanol–water partition coefficient (Wildman–Crippen LogP) is 6.09. The van der Waals surface area contributed by atoms with Crippen molar-refractivity contribution < 1.29 is 0 Å². The largest absolute Gasteiger partial charge is 0.283 e. The van der Waals surface area contributed by atoms with Gasteiger partial charge >= 0.3 is 0 Å². The molecule has 2 aromatic rings. The van der Waals surface area contributed by atoms with Gasteiger partial charge in [-0.15, -0.1) is 0 Å². The number of aliphatic imine (C=N–C) groups is 3. The summed E-state index contributed by atoms with van der Waals surface area (Å²) in [5.41, 5.74) is 9.89. The minimum atomic E-state index is 0.690. The summed E-state index contributed by atoms with van der Waals surface area (Å²) in [6.07, 6.45) is 2.97. The number of allylic oxidation sites excluding steroid dienone is 2. The van der Waals surface area contributed by atoms with Crippen LogP contribution in [0.15, 0.2) is 69.2 Å². The highest BCUT2D eigenvalue weighted by molar-refractivity contribution is 6.43. The van der Waals surface area contributed by atoms with E-state index in [0.717, 1.165) is 34.9 Å². The number of benzene rings is 2. The lowest BCUT2D eigenvalue weighted by Crippen LogP contribution is -2.08. The van der Waals surface area contributed by atoms with E-state index in [0.29, 0.717) is 6.54 Å². The Morgan fingerprint density at radius 1 is 0.963 bits per heavy atom. The first kappa shape index (κ1) is 19.0. The maximum atomic E-state index is 4.87. The van der Waals surface area contributed by atoms with Crippen molar-refractivity contribution >= 4 is 22.8 Å². The van der Waals surface area contributed by atoms with E-state index in [2.05, 4.69) is 51.1 Å². The van der Waals surface area contributed by atoms with Gasteiger partial charge in [0.25, 0.3) is 0 Å². The predicted molar refractivity (Wildman–Crippen MR) is 117 cm³/mol. The van der Waals surface area contributed by atoms with Crippen LogP contribution in [0.5, 0.6) is 0 Å². The molecule has 0 saturated heterocycles. The molecule has 3 nitrogen and oxygen atoms in total. The molecule has 0 aliphatic carbocycles. The van der Waals surface area contributed by atoms with Crippen LogP contribution in [0.1, 0.15) is 42.5 Å². The van der Waals surface area contributed by atoms with E-state index >= 15 is 0 Å². The van der Waals surface area contributed by atoms with Gasteiger partial charge in [0.2, 0.25) is 0 Å². The van der Waals surface area contributed by atoms with Crippen molar-refractivity contribution in [3.05, 3.63) is 76.5 Å². The van der Waals surface area contributed by atoms with E-state index in [1.54, 1.807) is 0 Å². The molecule has 0 N–H and O–H groups in total. The van der Waals surface area contributed by atoms with Crippen LogP contribution in [-0.4, -0.2) is 17.1 Å². The molecule has 2 aromatic carbocycles. The smallest absolute Gasteiger partial charge is 0.0810 e. The third kappa shape index (κ3) is 4.68. The molecule has 0 fully saturated rings. The van der Waals surface area contributed by atoms with Crippen molar-refractivity contribution in [1.29, 1.82) is 0 Å². The van der Waals surface area contributed by atoms with Gasteiger partial charge < -0.3 is 0 Å². The first-order valence-electron chi connectivity index (χ1n) is 9.40. The number of nitrogens with zero attached hydrogens (tertiary/aromatic N) is 3. The zero-order valence-corrected chi connectivity index (χ0v) is 16.9. The normalized spacial score (nSPS) is 15.0. The molecule has 0 saturated carbocycles. The summed E-state index contributed by atoms with van der Waals surface area (Å²) in [4.78, 5) is 14.4. The minimum Gasteiger partial charge on any atom is -0.283 e. The highest BCUT2D eigenvalue weighted by Gasteiger charge is 2.14. The second kappa shape index (κ2) is 8.26. The molecule has 27 heavy (non-hydrogen) atoms. The molecule has 3 rings (SSSR count). The highest BCUT2D eigenvalue weighted by atomic mass is 14.9. The van der Waals surface area contributed by atoms with E-state index < -0.39 is 0 Å². The second-order valence-corrected chi connectivity index (χ2v) is 7.18. The third-order valence-electron chi connectivity index (χ3n) is 4.79. The van der Waals surface area contributed by atoms with Crippen molar-refractivity contribution in [2.75, 3.05) is 0 Å². The SMILES string of the molecule is CC(=Nc1c(C)cc(C)cc1C)C1=CCC(C(C)=NCc2ccccc2)=N1. The van der Waals surface area contributed by atoms with Crippen molar-refractivity contribution in [2.45, 2.75) is 47.6 Å². The molecule has 1 aliphatic heterocycles. The Hall–Kier alpha value is -2.81. The zero-order valence-electron chi connectivity index (χ0n) is 16.9. The van der Waals surface area contributed by atoms with Gasteiger partial charge in [0.15, 0.2) is 0 Å². The minimum absolute atomic E-state index is 0.690. The molecule has 1 heterocycles. The molecule has 3 heteroatoms. The number of rotatable bonds is 5. The van der Waals surface area contributed by atoms with E-state index in [1.165, 1.54) is 22.3 Å². The quantitative estimate of drug-likeness (QED) is 0.580. The molecule has 1 aliphatic rings. The van der Waals surface area contributed by atoms with E-state index in [4.69, 9.17) is 15.0 Å². The van der Waals surface area contributed by atoms with Gasteiger partial charge in [0, 0.05) is 6.42 Å². The monoisotopic (exact) mass is 357 g/mol. The van der Waals surface area contributed by atoms with Crippen molar-refractivity contribution in [3.63, 3.8) is 0 Å². The summed E-state index contributed by atoms with van der Waals surface area (Å²) >= 11 is 0. The molecule has 0 bridgehead atoms. The van der Waals surface area contributed by atoms with Crippen LogP contribution in [0.25, 0.3) is 0 Å². The maximum Gasteiger partial charge on any atom is 0.0810 e. The molecule has 0 aromatic heterocycles. The Balaban J connectivity index is 1.76. The molecule has 0 radical (unpaired) electrons. The molecular formula is C24H27N3. The number of aryl methyl sites for hydroxylation is 3. The first-order chi connectivity index (χ1) is 12.9. The fraction of sp³-hybridized carbons (Fsp3) is 0.292. The molecule has 138 valence electrons. The summed E-state index contributed by atoms with van der Waals surface area (Å²) in [6.45, 7) is 11.1. The number of hydrogen-bond donors (Lipinski definition) is 0. The Morgan fingerprint density at radius 3 is 2.30 bits per heavy atom. The molecule has 0 spiro atoms. The van der Waals surface area contributed by atoms with E-state index in [1.807, 2.05) is 32.0 Å². The fourth-order valence-electron chi connectivity index (χ4n) is 3.35. The van der Waals surface area contributed by atoms with Crippen LogP contribution in [0.4, 0.5) is 5.69 Å². The van der Waals surface area contributed by atoms with Gasteiger partial charge in [-0.05, 0) is 51.3 Å². The van der Waals surface area contributed by atoms with Crippen LogP contribution < -0.4 is 0 Å². The topological polar surface area (TPSA) is 37.1 Å². The van der Waals surface area contributed by atoms with Crippen molar-refractivity contribution in [3.8, 4) is 0 Å². The van der Waals surface area contributed by atoms with Crippen LogP contribution >= 0.6 is 0 Å². The molecule has 0 amide bonds. The van der Waals surface area contributed by atoms with Crippen molar-refractivity contribution in [2.24, 2.45) is 15.0 Å². The average Bonchev–Trinajstić information content (AvgIpc) is 3.14. The third-order valence-corrected chi connectivity index (χ3v) is 4.79. The molecule has 0 unspecified atom stereocenters. The summed E-state index contributed by atoms with van der Waals surface area (Å²) in [7, 11) is 0. The lowest BCUT2D eigenvalue weighted by molar-refractivity contribution is 1.07. The molecular weight excluding hydrogens is 330 g/mol. The van der Waals surface area contributed by atoms with Gasteiger partial charge in [-0.1, -0.05) is 54.1 Å². The second-order valence-electron chi connectivity index (χ2n) is 7.18. The van der Waals surface area contributed by atoms with Crippen LogP contribution in [0.3, 0.4) is 0 Å². The summed E-state index contributed by atoms with van der Waals surface area (Å²) < 4.78 is 0. The number of hydrogen-bond acceptors (Lipinski definition) is 3. The summed E-state index contributed by atoms with van der Waals surface area (Å²) in [6, 6.07) is 14.7. The Labute approximate surface area is 162 Å². The Morgan fingerprint density at radius 2 is 1.63 bits per heavy atom. The maximum absolute atomic E-state index is 4.87.